The summed E-state index contributed by atoms with van der Waals surface area (Å²) in [5.41, 5.74) is 0.812. The molecule has 116 valence electrons. The molecule has 1 rings (SSSR count). The lowest BCUT2D eigenvalue weighted by molar-refractivity contribution is -0.114. The summed E-state index contributed by atoms with van der Waals surface area (Å²) in [6.07, 6.45) is 0.479. The summed E-state index contributed by atoms with van der Waals surface area (Å²) in [7, 11) is 0. The van der Waals surface area contributed by atoms with Crippen molar-refractivity contribution in [2.75, 3.05) is 11.9 Å². The second kappa shape index (κ2) is 8.00. The number of nitrogens with one attached hydrogen (secondary N) is 2. The van der Waals surface area contributed by atoms with Crippen molar-refractivity contribution in [3.05, 3.63) is 28.8 Å². The summed E-state index contributed by atoms with van der Waals surface area (Å²) in [6, 6.07) is 4.60. The molecule has 1 atom stereocenters. The Bertz CT molecular complexity index is 518. The van der Waals surface area contributed by atoms with Crippen LogP contribution in [0, 0.1) is 5.92 Å². The maximum Gasteiger partial charge on any atom is 0.253 e. The third kappa shape index (κ3) is 5.36. The highest BCUT2D eigenvalue weighted by Crippen LogP contribution is 2.21. The van der Waals surface area contributed by atoms with Crippen LogP contribution in [-0.4, -0.2) is 29.6 Å². The Balaban J connectivity index is 2.92. The average Bonchev–Trinajstić information content (AvgIpc) is 2.39. The molecule has 2 amide bonds. The van der Waals surface area contributed by atoms with Crippen LogP contribution >= 0.6 is 11.6 Å². The fourth-order valence-electron chi connectivity index (χ4n) is 1.94. The van der Waals surface area contributed by atoms with E-state index in [0.717, 1.165) is 0 Å². The first kappa shape index (κ1) is 17.5. The van der Waals surface area contributed by atoms with Crippen LogP contribution in [-0.2, 0) is 4.79 Å². The van der Waals surface area contributed by atoms with Gasteiger partial charge in [-0.05, 0) is 30.5 Å². The van der Waals surface area contributed by atoms with Crippen LogP contribution in [0.15, 0.2) is 18.2 Å². The zero-order valence-corrected chi connectivity index (χ0v) is 13.2. The maximum atomic E-state index is 12.3. The van der Waals surface area contributed by atoms with Crippen LogP contribution in [0.2, 0.25) is 5.02 Å². The average molecular weight is 313 g/mol. The first-order valence-corrected chi connectivity index (χ1v) is 7.21. The van der Waals surface area contributed by atoms with Crippen LogP contribution in [0.3, 0.4) is 0 Å². The molecule has 0 saturated heterocycles. The van der Waals surface area contributed by atoms with E-state index in [1.807, 2.05) is 13.8 Å². The van der Waals surface area contributed by atoms with Crippen LogP contribution in [0.1, 0.15) is 37.6 Å². The van der Waals surface area contributed by atoms with Gasteiger partial charge in [0.15, 0.2) is 0 Å². The van der Waals surface area contributed by atoms with Crippen molar-refractivity contribution in [1.29, 1.82) is 0 Å². The van der Waals surface area contributed by atoms with Crippen molar-refractivity contribution in [2.45, 2.75) is 33.2 Å². The monoisotopic (exact) mass is 312 g/mol. The van der Waals surface area contributed by atoms with Crippen molar-refractivity contribution < 1.29 is 14.7 Å². The number of carbonyl (C=O) groups is 2. The van der Waals surface area contributed by atoms with Gasteiger partial charge in [-0.2, -0.15) is 0 Å². The van der Waals surface area contributed by atoms with Crippen LogP contribution in [0.4, 0.5) is 5.69 Å². The number of anilines is 1. The third-order valence-corrected chi connectivity index (χ3v) is 3.42. The zero-order chi connectivity index (χ0) is 16.0. The van der Waals surface area contributed by atoms with Gasteiger partial charge in [-0.25, -0.2) is 0 Å². The highest BCUT2D eigenvalue weighted by molar-refractivity contribution is 6.34. The summed E-state index contributed by atoms with van der Waals surface area (Å²) in [5.74, 6) is -0.346. The van der Waals surface area contributed by atoms with E-state index in [-0.39, 0.29) is 30.4 Å². The van der Waals surface area contributed by atoms with Gasteiger partial charge in [-0.15, -0.1) is 0 Å². The van der Waals surface area contributed by atoms with Crippen molar-refractivity contribution >= 4 is 29.1 Å². The first-order chi connectivity index (χ1) is 9.85. The molecule has 3 N–H and O–H groups in total. The topological polar surface area (TPSA) is 78.4 Å². The fourth-order valence-corrected chi connectivity index (χ4v) is 2.14. The fraction of sp³-hybridized carbons (Fsp3) is 0.467. The molecule has 0 bridgehead atoms. The standard InChI is InChI=1S/C15H21ClN2O3/c1-9(2)14(6-7-19)18-15(21)12-8-11(17-10(3)20)4-5-13(12)16/h4-5,8-9,14,19H,6-7H2,1-3H3,(H,17,20)(H,18,21). The molecule has 0 fully saturated rings. The molecule has 0 aliphatic rings. The first-order valence-electron chi connectivity index (χ1n) is 6.84. The Morgan fingerprint density at radius 2 is 2.00 bits per heavy atom. The lowest BCUT2D eigenvalue weighted by atomic mass is 10.0. The van der Waals surface area contributed by atoms with Crippen molar-refractivity contribution in [1.82, 2.24) is 5.32 Å². The Morgan fingerprint density at radius 1 is 1.33 bits per heavy atom. The number of hydrogen-bond donors (Lipinski definition) is 3. The minimum absolute atomic E-state index is 0.00277. The van der Waals surface area contributed by atoms with Gasteiger partial charge in [0.1, 0.15) is 0 Å². The predicted molar refractivity (Wildman–Crippen MR) is 83.6 cm³/mol. The molecule has 6 heteroatoms. The molecule has 0 heterocycles. The number of halogens is 1. The number of benzene rings is 1. The summed E-state index contributed by atoms with van der Waals surface area (Å²) >= 11 is 6.04. The van der Waals surface area contributed by atoms with Gasteiger partial charge in [0.05, 0.1) is 10.6 Å². The van der Waals surface area contributed by atoms with Gasteiger partial charge >= 0.3 is 0 Å². The molecule has 5 nitrogen and oxygen atoms in total. The lowest BCUT2D eigenvalue weighted by Crippen LogP contribution is -2.39. The van der Waals surface area contributed by atoms with E-state index in [1.165, 1.54) is 13.0 Å². The number of hydrogen-bond acceptors (Lipinski definition) is 3. The van der Waals surface area contributed by atoms with E-state index in [0.29, 0.717) is 22.7 Å². The second-order valence-corrected chi connectivity index (χ2v) is 5.62. The largest absolute Gasteiger partial charge is 0.396 e. The lowest BCUT2D eigenvalue weighted by Gasteiger charge is -2.22. The van der Waals surface area contributed by atoms with Gasteiger partial charge in [-0.1, -0.05) is 25.4 Å². The van der Waals surface area contributed by atoms with E-state index >= 15 is 0 Å². The Morgan fingerprint density at radius 3 is 2.52 bits per heavy atom. The molecule has 21 heavy (non-hydrogen) atoms. The molecule has 1 unspecified atom stereocenters. The van der Waals surface area contributed by atoms with Crippen molar-refractivity contribution in [3.63, 3.8) is 0 Å². The quantitative estimate of drug-likeness (QED) is 0.755. The number of rotatable bonds is 6. The summed E-state index contributed by atoms with van der Waals surface area (Å²) < 4.78 is 0. The predicted octanol–water partition coefficient (Wildman–Crippen LogP) is 2.44. The van der Waals surface area contributed by atoms with Crippen molar-refractivity contribution in [2.24, 2.45) is 5.92 Å². The van der Waals surface area contributed by atoms with Gasteiger partial charge in [0, 0.05) is 25.3 Å². The second-order valence-electron chi connectivity index (χ2n) is 5.21. The molecule has 0 saturated carbocycles. The third-order valence-electron chi connectivity index (χ3n) is 3.09. The summed E-state index contributed by atoms with van der Waals surface area (Å²) in [6.45, 7) is 5.33. The molecule has 1 aromatic rings. The normalized spacial score (nSPS) is 12.1. The molecule has 0 aliphatic heterocycles. The highest BCUT2D eigenvalue weighted by atomic mass is 35.5. The Labute approximate surface area is 129 Å². The molecule has 0 spiro atoms. The number of aliphatic hydroxyl groups excluding tert-OH is 1. The number of carbonyl (C=O) groups excluding carboxylic acids is 2. The van der Waals surface area contributed by atoms with E-state index in [1.54, 1.807) is 12.1 Å². The molecule has 0 aliphatic carbocycles. The van der Waals surface area contributed by atoms with E-state index < -0.39 is 0 Å². The highest BCUT2D eigenvalue weighted by Gasteiger charge is 2.18. The van der Waals surface area contributed by atoms with E-state index in [4.69, 9.17) is 16.7 Å². The van der Waals surface area contributed by atoms with E-state index in [2.05, 4.69) is 10.6 Å². The molecule has 0 aromatic heterocycles. The number of aliphatic hydroxyl groups is 1. The summed E-state index contributed by atoms with van der Waals surface area (Å²) in [4.78, 5) is 23.4. The number of amides is 2. The minimum atomic E-state index is -0.320. The van der Waals surface area contributed by atoms with Gasteiger partial charge < -0.3 is 15.7 Å². The Hall–Kier alpha value is -1.59. The van der Waals surface area contributed by atoms with Gasteiger partial charge in [-0.3, -0.25) is 9.59 Å². The van der Waals surface area contributed by atoms with Gasteiger partial charge in [0.2, 0.25) is 5.91 Å². The molecular formula is C15H21ClN2O3. The molecular weight excluding hydrogens is 292 g/mol. The molecule has 1 aromatic carbocycles. The van der Waals surface area contributed by atoms with Gasteiger partial charge in [0.25, 0.3) is 5.91 Å². The smallest absolute Gasteiger partial charge is 0.253 e. The maximum absolute atomic E-state index is 12.3. The Kier molecular flexibility index (Phi) is 6.65. The zero-order valence-electron chi connectivity index (χ0n) is 12.4. The summed E-state index contributed by atoms with van der Waals surface area (Å²) in [5, 5.41) is 14.8. The van der Waals surface area contributed by atoms with Crippen LogP contribution in [0.5, 0.6) is 0 Å². The SMILES string of the molecule is CC(=O)Nc1ccc(Cl)c(C(=O)NC(CCO)C(C)C)c1. The molecule has 0 radical (unpaired) electrons. The minimum Gasteiger partial charge on any atom is -0.396 e. The van der Waals surface area contributed by atoms with Crippen LogP contribution in [0.25, 0.3) is 0 Å². The van der Waals surface area contributed by atoms with Crippen LogP contribution < -0.4 is 10.6 Å². The van der Waals surface area contributed by atoms with E-state index in [9.17, 15) is 9.59 Å². The van der Waals surface area contributed by atoms with Crippen molar-refractivity contribution in [3.8, 4) is 0 Å².